The molecule has 0 spiro atoms. The van der Waals surface area contributed by atoms with Gasteiger partial charge in [-0.15, -0.1) is 0 Å². The standard InChI is InChI=1S/C16H25N5/c1-3-9-21-15(17)14(13-10-18-11-20(13)4-2)19-16(21)12-7-5-6-8-12/h10-12H,3-9,17H2,1-2H3. The van der Waals surface area contributed by atoms with Crippen LogP contribution in [0.25, 0.3) is 11.4 Å². The Hall–Kier alpha value is -1.78. The van der Waals surface area contributed by atoms with Crippen LogP contribution in [0.1, 0.15) is 57.7 Å². The molecule has 0 atom stereocenters. The second-order valence-corrected chi connectivity index (χ2v) is 5.90. The molecule has 3 rings (SSSR count). The van der Waals surface area contributed by atoms with Gasteiger partial charge in [-0.05, 0) is 26.2 Å². The molecule has 2 N–H and O–H groups in total. The summed E-state index contributed by atoms with van der Waals surface area (Å²) in [6.07, 6.45) is 9.91. The van der Waals surface area contributed by atoms with Crippen molar-refractivity contribution < 1.29 is 0 Å². The summed E-state index contributed by atoms with van der Waals surface area (Å²) in [7, 11) is 0. The highest BCUT2D eigenvalue weighted by molar-refractivity contribution is 5.68. The highest BCUT2D eigenvalue weighted by Crippen LogP contribution is 2.37. The van der Waals surface area contributed by atoms with Crippen molar-refractivity contribution >= 4 is 5.82 Å². The highest BCUT2D eigenvalue weighted by Gasteiger charge is 2.26. The van der Waals surface area contributed by atoms with E-state index in [0.717, 1.165) is 36.7 Å². The number of anilines is 1. The van der Waals surface area contributed by atoms with Crippen molar-refractivity contribution in [1.29, 1.82) is 0 Å². The molecule has 2 aromatic heterocycles. The number of aromatic nitrogens is 4. The lowest BCUT2D eigenvalue weighted by atomic mass is 10.1. The molecule has 5 nitrogen and oxygen atoms in total. The van der Waals surface area contributed by atoms with Gasteiger partial charge < -0.3 is 14.9 Å². The molecule has 1 aliphatic rings. The molecule has 1 saturated carbocycles. The van der Waals surface area contributed by atoms with Gasteiger partial charge in [0.15, 0.2) is 0 Å². The van der Waals surface area contributed by atoms with Crippen LogP contribution in [0.3, 0.4) is 0 Å². The van der Waals surface area contributed by atoms with Gasteiger partial charge in [0.1, 0.15) is 17.3 Å². The molecule has 114 valence electrons. The van der Waals surface area contributed by atoms with Gasteiger partial charge in [-0.1, -0.05) is 19.8 Å². The molecule has 1 fully saturated rings. The predicted octanol–water partition coefficient (Wildman–Crippen LogP) is 3.42. The van der Waals surface area contributed by atoms with E-state index in [0.29, 0.717) is 5.92 Å². The molecule has 0 unspecified atom stereocenters. The van der Waals surface area contributed by atoms with Gasteiger partial charge in [0.05, 0.1) is 18.2 Å². The van der Waals surface area contributed by atoms with E-state index in [1.807, 2.05) is 12.5 Å². The number of nitrogen functional groups attached to an aromatic ring is 1. The third-order valence-corrected chi connectivity index (χ3v) is 4.50. The summed E-state index contributed by atoms with van der Waals surface area (Å²) in [5, 5.41) is 0. The Morgan fingerprint density at radius 2 is 2.05 bits per heavy atom. The molecule has 1 aliphatic carbocycles. The van der Waals surface area contributed by atoms with Crippen molar-refractivity contribution in [3.05, 3.63) is 18.3 Å². The number of rotatable bonds is 5. The van der Waals surface area contributed by atoms with E-state index in [4.69, 9.17) is 10.7 Å². The maximum atomic E-state index is 6.43. The maximum Gasteiger partial charge on any atom is 0.133 e. The van der Waals surface area contributed by atoms with Gasteiger partial charge in [0, 0.05) is 19.0 Å². The van der Waals surface area contributed by atoms with Crippen molar-refractivity contribution in [2.45, 2.75) is 65.0 Å². The Bertz CT molecular complexity index is 604. The van der Waals surface area contributed by atoms with Gasteiger partial charge >= 0.3 is 0 Å². The average Bonchev–Trinajstić information content (AvgIpc) is 3.20. The van der Waals surface area contributed by atoms with E-state index < -0.39 is 0 Å². The fourth-order valence-corrected chi connectivity index (χ4v) is 3.40. The van der Waals surface area contributed by atoms with Crippen LogP contribution in [0.5, 0.6) is 0 Å². The quantitative estimate of drug-likeness (QED) is 0.916. The van der Waals surface area contributed by atoms with Gasteiger partial charge in [-0.2, -0.15) is 0 Å². The first-order chi connectivity index (χ1) is 10.3. The second kappa shape index (κ2) is 5.92. The van der Waals surface area contributed by atoms with Crippen molar-refractivity contribution in [2.75, 3.05) is 5.73 Å². The summed E-state index contributed by atoms with van der Waals surface area (Å²) in [6.45, 7) is 6.13. The zero-order valence-electron chi connectivity index (χ0n) is 13.0. The first-order valence-corrected chi connectivity index (χ1v) is 8.12. The molecule has 0 saturated heterocycles. The number of imidazole rings is 2. The Morgan fingerprint density at radius 3 is 2.71 bits per heavy atom. The fraction of sp³-hybridized carbons (Fsp3) is 0.625. The van der Waals surface area contributed by atoms with Gasteiger partial charge in [0.25, 0.3) is 0 Å². The molecule has 5 heteroatoms. The highest BCUT2D eigenvalue weighted by atomic mass is 15.2. The lowest BCUT2D eigenvalue weighted by Crippen LogP contribution is -2.09. The number of hydrogen-bond donors (Lipinski definition) is 1. The molecule has 0 radical (unpaired) electrons. The average molecular weight is 287 g/mol. The molecule has 0 bridgehead atoms. The van der Waals surface area contributed by atoms with E-state index in [9.17, 15) is 0 Å². The Kier molecular flexibility index (Phi) is 3.99. The minimum atomic E-state index is 0.575. The summed E-state index contributed by atoms with van der Waals surface area (Å²) >= 11 is 0. The zero-order valence-corrected chi connectivity index (χ0v) is 13.0. The van der Waals surface area contributed by atoms with E-state index in [-0.39, 0.29) is 0 Å². The lowest BCUT2D eigenvalue weighted by molar-refractivity contribution is 0.579. The van der Waals surface area contributed by atoms with E-state index in [1.165, 1.54) is 31.5 Å². The predicted molar refractivity (Wildman–Crippen MR) is 85.0 cm³/mol. The van der Waals surface area contributed by atoms with E-state index >= 15 is 0 Å². The first kappa shape index (κ1) is 14.2. The molecule has 21 heavy (non-hydrogen) atoms. The van der Waals surface area contributed by atoms with Gasteiger partial charge in [-0.25, -0.2) is 9.97 Å². The van der Waals surface area contributed by atoms with Crippen LogP contribution in [0, 0.1) is 0 Å². The topological polar surface area (TPSA) is 61.7 Å². The summed E-state index contributed by atoms with van der Waals surface area (Å²) in [5.74, 6) is 2.56. The number of aryl methyl sites for hydroxylation is 1. The third kappa shape index (κ3) is 2.45. The number of nitrogens with zero attached hydrogens (tertiary/aromatic N) is 4. The molecular formula is C16H25N5. The zero-order chi connectivity index (χ0) is 14.8. The first-order valence-electron chi connectivity index (χ1n) is 8.12. The van der Waals surface area contributed by atoms with Gasteiger partial charge in [-0.3, -0.25) is 0 Å². The Morgan fingerprint density at radius 1 is 1.29 bits per heavy atom. The SMILES string of the molecule is CCCn1c(C2CCCC2)nc(-c2cncn2CC)c1N. The van der Waals surface area contributed by atoms with Crippen molar-refractivity contribution in [3.8, 4) is 11.4 Å². The molecule has 0 amide bonds. The van der Waals surface area contributed by atoms with Crippen LogP contribution in [0.4, 0.5) is 5.82 Å². The number of hydrogen-bond acceptors (Lipinski definition) is 3. The van der Waals surface area contributed by atoms with Crippen LogP contribution in [-0.4, -0.2) is 19.1 Å². The molecule has 2 heterocycles. The van der Waals surface area contributed by atoms with E-state index in [1.54, 1.807) is 0 Å². The number of nitrogens with two attached hydrogens (primary N) is 1. The van der Waals surface area contributed by atoms with Crippen LogP contribution < -0.4 is 5.73 Å². The molecule has 0 aromatic carbocycles. The van der Waals surface area contributed by atoms with E-state index in [2.05, 4.69) is 28.0 Å². The fourth-order valence-electron chi connectivity index (χ4n) is 3.40. The largest absolute Gasteiger partial charge is 0.383 e. The molecule has 0 aliphatic heterocycles. The lowest BCUT2D eigenvalue weighted by Gasteiger charge is -2.12. The third-order valence-electron chi connectivity index (χ3n) is 4.50. The molecule has 2 aromatic rings. The second-order valence-electron chi connectivity index (χ2n) is 5.90. The summed E-state index contributed by atoms with van der Waals surface area (Å²) in [4.78, 5) is 9.19. The monoisotopic (exact) mass is 287 g/mol. The Balaban J connectivity index is 2.07. The molecular weight excluding hydrogens is 262 g/mol. The normalized spacial score (nSPS) is 15.9. The van der Waals surface area contributed by atoms with Crippen LogP contribution in [-0.2, 0) is 13.1 Å². The van der Waals surface area contributed by atoms with Crippen LogP contribution in [0.15, 0.2) is 12.5 Å². The summed E-state index contributed by atoms with van der Waals surface area (Å²) < 4.78 is 4.34. The smallest absolute Gasteiger partial charge is 0.133 e. The van der Waals surface area contributed by atoms with Crippen molar-refractivity contribution in [2.24, 2.45) is 0 Å². The van der Waals surface area contributed by atoms with Crippen LogP contribution >= 0.6 is 0 Å². The minimum absolute atomic E-state index is 0.575. The summed E-state index contributed by atoms with van der Waals surface area (Å²) in [6, 6.07) is 0. The Labute approximate surface area is 126 Å². The van der Waals surface area contributed by atoms with Crippen molar-refractivity contribution in [3.63, 3.8) is 0 Å². The van der Waals surface area contributed by atoms with Crippen molar-refractivity contribution in [1.82, 2.24) is 19.1 Å². The maximum absolute atomic E-state index is 6.43. The minimum Gasteiger partial charge on any atom is -0.383 e. The summed E-state index contributed by atoms with van der Waals surface area (Å²) in [5.41, 5.74) is 8.37. The van der Waals surface area contributed by atoms with Gasteiger partial charge in [0.2, 0.25) is 0 Å². The van der Waals surface area contributed by atoms with Crippen LogP contribution in [0.2, 0.25) is 0 Å².